The summed E-state index contributed by atoms with van der Waals surface area (Å²) in [6.07, 6.45) is 3.76. The van der Waals surface area contributed by atoms with Crippen LogP contribution in [0.2, 0.25) is 0 Å². The molecule has 0 aliphatic carbocycles. The van der Waals surface area contributed by atoms with Crippen LogP contribution in [0.25, 0.3) is 0 Å². The summed E-state index contributed by atoms with van der Waals surface area (Å²) in [5, 5.41) is 7.75. The van der Waals surface area contributed by atoms with Gasteiger partial charge in [-0.15, -0.1) is 0 Å². The zero-order valence-corrected chi connectivity index (χ0v) is 18.0. The molecule has 1 aromatic carbocycles. The maximum Gasteiger partial charge on any atom is 0.269 e. The van der Waals surface area contributed by atoms with E-state index in [0.29, 0.717) is 24.8 Å². The molecule has 5 nitrogen and oxygen atoms in total. The maximum atomic E-state index is 13.2. The molecular weight excluding hydrogens is 367 g/mol. The molecule has 6 heteroatoms. The Balaban J connectivity index is 1.71. The van der Waals surface area contributed by atoms with Crippen LogP contribution in [-0.2, 0) is 12.0 Å². The molecule has 1 N–H and O–H groups in total. The van der Waals surface area contributed by atoms with Crippen molar-refractivity contribution in [1.82, 2.24) is 20.0 Å². The second-order valence-electron chi connectivity index (χ2n) is 9.09. The Labute approximate surface area is 173 Å². The third-order valence-electron chi connectivity index (χ3n) is 5.65. The molecule has 158 valence electrons. The molecule has 3 rings (SSSR count). The van der Waals surface area contributed by atoms with Crippen LogP contribution in [-0.4, -0.2) is 46.3 Å². The first-order valence-electron chi connectivity index (χ1n) is 10.6. The summed E-state index contributed by atoms with van der Waals surface area (Å²) in [4.78, 5) is 15.4. The van der Waals surface area contributed by atoms with E-state index in [2.05, 4.69) is 43.0 Å². The number of carbonyl (C=O) groups excluding carboxylic acids is 1. The lowest BCUT2D eigenvalue weighted by atomic mass is 9.92. The quantitative estimate of drug-likeness (QED) is 0.798. The fourth-order valence-electron chi connectivity index (χ4n) is 3.74. The SMILES string of the molecule is CC1CCCCN1CCNC(=O)c1cc(C(C)(C)C)nn1Cc1ccc(F)cc1. The molecule has 0 bridgehead atoms. The number of aromatic nitrogens is 2. The van der Waals surface area contributed by atoms with Gasteiger partial charge in [0.25, 0.3) is 5.91 Å². The summed E-state index contributed by atoms with van der Waals surface area (Å²) in [5.41, 5.74) is 2.17. The number of piperidine rings is 1. The van der Waals surface area contributed by atoms with Gasteiger partial charge in [0.05, 0.1) is 12.2 Å². The van der Waals surface area contributed by atoms with Gasteiger partial charge in [-0.1, -0.05) is 39.3 Å². The molecule has 0 spiro atoms. The summed E-state index contributed by atoms with van der Waals surface area (Å²) in [6.45, 7) is 11.5. The van der Waals surface area contributed by atoms with E-state index in [9.17, 15) is 9.18 Å². The molecule has 1 aromatic heterocycles. The fourth-order valence-corrected chi connectivity index (χ4v) is 3.74. The first kappa shape index (κ1) is 21.5. The molecule has 1 saturated heterocycles. The van der Waals surface area contributed by atoms with Crippen molar-refractivity contribution in [3.05, 3.63) is 53.1 Å². The Morgan fingerprint density at radius 1 is 1.24 bits per heavy atom. The van der Waals surface area contributed by atoms with Gasteiger partial charge in [0.2, 0.25) is 0 Å². The number of hydrogen-bond acceptors (Lipinski definition) is 3. The lowest BCUT2D eigenvalue weighted by Gasteiger charge is -2.33. The fraction of sp³-hybridized carbons (Fsp3) is 0.565. The molecule has 29 heavy (non-hydrogen) atoms. The lowest BCUT2D eigenvalue weighted by Crippen LogP contribution is -2.42. The van der Waals surface area contributed by atoms with E-state index in [1.165, 1.54) is 31.4 Å². The van der Waals surface area contributed by atoms with Crippen LogP contribution in [0.1, 0.15) is 68.7 Å². The second-order valence-corrected chi connectivity index (χ2v) is 9.09. The molecule has 1 fully saturated rings. The number of nitrogens with one attached hydrogen (secondary N) is 1. The molecule has 1 aliphatic heterocycles. The van der Waals surface area contributed by atoms with Crippen molar-refractivity contribution in [3.63, 3.8) is 0 Å². The van der Waals surface area contributed by atoms with E-state index in [1.807, 2.05) is 6.07 Å². The van der Waals surface area contributed by atoms with E-state index in [1.54, 1.807) is 16.8 Å². The second kappa shape index (κ2) is 9.08. The highest BCUT2D eigenvalue weighted by Crippen LogP contribution is 2.22. The zero-order chi connectivity index (χ0) is 21.0. The molecule has 0 radical (unpaired) electrons. The van der Waals surface area contributed by atoms with Crippen LogP contribution in [0.5, 0.6) is 0 Å². The highest BCUT2D eigenvalue weighted by Gasteiger charge is 2.23. The summed E-state index contributed by atoms with van der Waals surface area (Å²) in [7, 11) is 0. The van der Waals surface area contributed by atoms with Crippen molar-refractivity contribution in [1.29, 1.82) is 0 Å². The van der Waals surface area contributed by atoms with Gasteiger partial charge in [-0.3, -0.25) is 14.4 Å². The molecule has 1 atom stereocenters. The Hall–Kier alpha value is -2.21. The van der Waals surface area contributed by atoms with Crippen molar-refractivity contribution >= 4 is 5.91 Å². The standard InChI is InChI=1S/C23H33FN4O/c1-17-7-5-6-13-27(17)14-12-25-22(29)20-15-21(23(2,3)4)26-28(20)16-18-8-10-19(24)11-9-18/h8-11,15,17H,5-7,12-14,16H2,1-4H3,(H,25,29). The van der Waals surface area contributed by atoms with Crippen LogP contribution in [0.4, 0.5) is 4.39 Å². The number of likely N-dealkylation sites (tertiary alicyclic amines) is 1. The van der Waals surface area contributed by atoms with Gasteiger partial charge in [0.1, 0.15) is 11.5 Å². The zero-order valence-electron chi connectivity index (χ0n) is 18.0. The van der Waals surface area contributed by atoms with Gasteiger partial charge < -0.3 is 5.32 Å². The van der Waals surface area contributed by atoms with E-state index in [4.69, 9.17) is 0 Å². The number of rotatable bonds is 6. The summed E-state index contributed by atoms with van der Waals surface area (Å²) in [5.74, 6) is -0.380. The van der Waals surface area contributed by atoms with Gasteiger partial charge in [0.15, 0.2) is 0 Å². The topological polar surface area (TPSA) is 50.2 Å². The van der Waals surface area contributed by atoms with E-state index >= 15 is 0 Å². The van der Waals surface area contributed by atoms with E-state index in [-0.39, 0.29) is 17.1 Å². The van der Waals surface area contributed by atoms with E-state index < -0.39 is 0 Å². The smallest absolute Gasteiger partial charge is 0.269 e. The number of nitrogens with zero attached hydrogens (tertiary/aromatic N) is 3. The molecule has 1 amide bonds. The van der Waals surface area contributed by atoms with Crippen LogP contribution < -0.4 is 5.32 Å². The lowest BCUT2D eigenvalue weighted by molar-refractivity contribution is 0.0928. The largest absolute Gasteiger partial charge is 0.349 e. The minimum atomic E-state index is -0.269. The van der Waals surface area contributed by atoms with Gasteiger partial charge in [0, 0.05) is 24.5 Å². The average molecular weight is 401 g/mol. The van der Waals surface area contributed by atoms with Gasteiger partial charge >= 0.3 is 0 Å². The van der Waals surface area contributed by atoms with Crippen molar-refractivity contribution < 1.29 is 9.18 Å². The van der Waals surface area contributed by atoms with Crippen molar-refractivity contribution in [2.24, 2.45) is 0 Å². The van der Waals surface area contributed by atoms with Crippen LogP contribution in [0, 0.1) is 5.82 Å². The van der Waals surface area contributed by atoms with Gasteiger partial charge in [-0.2, -0.15) is 5.10 Å². The number of carbonyl (C=O) groups is 1. The average Bonchev–Trinajstić information content (AvgIpc) is 3.09. The van der Waals surface area contributed by atoms with Crippen molar-refractivity contribution in [2.75, 3.05) is 19.6 Å². The highest BCUT2D eigenvalue weighted by molar-refractivity contribution is 5.92. The van der Waals surface area contributed by atoms with Crippen LogP contribution in [0.3, 0.4) is 0 Å². The number of benzene rings is 1. The molecule has 0 saturated carbocycles. The Kier molecular flexibility index (Phi) is 6.73. The minimum absolute atomic E-state index is 0.111. The molecule has 2 heterocycles. The van der Waals surface area contributed by atoms with Crippen molar-refractivity contribution in [3.8, 4) is 0 Å². The van der Waals surface area contributed by atoms with Crippen molar-refractivity contribution in [2.45, 2.75) is 65.0 Å². The number of halogens is 1. The Morgan fingerprint density at radius 2 is 1.97 bits per heavy atom. The van der Waals surface area contributed by atoms with E-state index in [0.717, 1.165) is 24.3 Å². The Morgan fingerprint density at radius 3 is 2.62 bits per heavy atom. The normalized spacial score (nSPS) is 18.0. The predicted octanol–water partition coefficient (Wildman–Crippen LogP) is 3.97. The number of hydrogen-bond donors (Lipinski definition) is 1. The maximum absolute atomic E-state index is 13.2. The Bertz CT molecular complexity index is 822. The van der Waals surface area contributed by atoms with Crippen LogP contribution in [0.15, 0.2) is 30.3 Å². The predicted molar refractivity (Wildman–Crippen MR) is 114 cm³/mol. The molecular formula is C23H33FN4O. The summed E-state index contributed by atoms with van der Waals surface area (Å²) >= 11 is 0. The third kappa shape index (κ3) is 5.66. The molecule has 1 aliphatic rings. The first-order valence-corrected chi connectivity index (χ1v) is 10.6. The minimum Gasteiger partial charge on any atom is -0.349 e. The van der Waals surface area contributed by atoms with Crippen LogP contribution >= 0.6 is 0 Å². The number of amides is 1. The molecule has 1 unspecified atom stereocenters. The third-order valence-corrected chi connectivity index (χ3v) is 5.65. The monoisotopic (exact) mass is 400 g/mol. The summed E-state index contributed by atoms with van der Waals surface area (Å²) < 4.78 is 15.0. The van der Waals surface area contributed by atoms with Gasteiger partial charge in [-0.25, -0.2) is 4.39 Å². The first-order chi connectivity index (χ1) is 13.7. The molecule has 2 aromatic rings. The highest BCUT2D eigenvalue weighted by atomic mass is 19.1. The summed E-state index contributed by atoms with van der Waals surface area (Å²) in [6, 6.07) is 8.78. The van der Waals surface area contributed by atoms with Gasteiger partial charge in [-0.05, 0) is 50.1 Å².